The minimum atomic E-state index is -0.872. The summed E-state index contributed by atoms with van der Waals surface area (Å²) in [5, 5.41) is 10.8. The van der Waals surface area contributed by atoms with Gasteiger partial charge in [0.15, 0.2) is 0 Å². The lowest BCUT2D eigenvalue weighted by atomic mass is 10.1. The predicted octanol–water partition coefficient (Wildman–Crippen LogP) is 2.57. The third-order valence-corrected chi connectivity index (χ3v) is 3.38. The molecule has 0 aromatic carbocycles. The molecular weight excluding hydrogens is 250 g/mol. The Kier molecular flexibility index (Phi) is 5.34. The van der Waals surface area contributed by atoms with E-state index in [0.717, 1.165) is 0 Å². The van der Waals surface area contributed by atoms with Crippen LogP contribution < -0.4 is 0 Å². The van der Waals surface area contributed by atoms with Crippen molar-refractivity contribution in [1.29, 1.82) is 0 Å². The van der Waals surface area contributed by atoms with E-state index in [9.17, 15) is 9.59 Å². The molecular formula is C13H19NO3S. The number of rotatable bonds is 6. The van der Waals surface area contributed by atoms with Crippen LogP contribution in [-0.4, -0.2) is 35.0 Å². The number of hydrogen-bond acceptors (Lipinski definition) is 3. The average Bonchev–Trinajstić information content (AvgIpc) is 2.79. The van der Waals surface area contributed by atoms with Gasteiger partial charge in [0, 0.05) is 13.1 Å². The van der Waals surface area contributed by atoms with Gasteiger partial charge in [-0.1, -0.05) is 26.8 Å². The Morgan fingerprint density at radius 3 is 2.44 bits per heavy atom. The van der Waals surface area contributed by atoms with Crippen LogP contribution in [0.1, 0.15) is 30.4 Å². The van der Waals surface area contributed by atoms with Crippen LogP contribution in [0.5, 0.6) is 0 Å². The molecule has 0 spiro atoms. The van der Waals surface area contributed by atoms with Gasteiger partial charge < -0.3 is 10.0 Å². The molecule has 1 atom stereocenters. The van der Waals surface area contributed by atoms with E-state index >= 15 is 0 Å². The van der Waals surface area contributed by atoms with Crippen LogP contribution in [0.2, 0.25) is 0 Å². The van der Waals surface area contributed by atoms with E-state index in [4.69, 9.17) is 5.11 Å². The van der Waals surface area contributed by atoms with Gasteiger partial charge in [0.05, 0.1) is 10.8 Å². The zero-order chi connectivity index (χ0) is 13.7. The molecule has 1 rings (SSSR count). The highest BCUT2D eigenvalue weighted by atomic mass is 32.1. The lowest BCUT2D eigenvalue weighted by Gasteiger charge is -2.25. The predicted molar refractivity (Wildman–Crippen MR) is 71.9 cm³/mol. The monoisotopic (exact) mass is 269 g/mol. The maximum absolute atomic E-state index is 12.2. The van der Waals surface area contributed by atoms with Gasteiger partial charge in [0.25, 0.3) is 5.91 Å². The van der Waals surface area contributed by atoms with Gasteiger partial charge in [0.2, 0.25) is 0 Å². The quantitative estimate of drug-likeness (QED) is 0.863. The van der Waals surface area contributed by atoms with Gasteiger partial charge >= 0.3 is 5.97 Å². The molecule has 0 aliphatic heterocycles. The normalized spacial score (nSPS) is 12.4. The average molecular weight is 269 g/mol. The topological polar surface area (TPSA) is 57.6 Å². The zero-order valence-corrected chi connectivity index (χ0v) is 11.7. The molecule has 1 heterocycles. The highest BCUT2D eigenvalue weighted by Crippen LogP contribution is 2.15. The molecule has 0 saturated heterocycles. The van der Waals surface area contributed by atoms with Gasteiger partial charge in [-0.05, 0) is 17.4 Å². The van der Waals surface area contributed by atoms with Gasteiger partial charge in [-0.15, -0.1) is 11.3 Å². The molecule has 1 unspecified atom stereocenters. The van der Waals surface area contributed by atoms with E-state index < -0.39 is 11.9 Å². The number of carbonyl (C=O) groups excluding carboxylic acids is 1. The van der Waals surface area contributed by atoms with Gasteiger partial charge in [-0.3, -0.25) is 9.59 Å². The summed E-state index contributed by atoms with van der Waals surface area (Å²) in [6.45, 7) is 6.48. The van der Waals surface area contributed by atoms with E-state index in [2.05, 4.69) is 0 Å². The van der Waals surface area contributed by atoms with Gasteiger partial charge in [0.1, 0.15) is 0 Å². The van der Waals surface area contributed by atoms with Crippen LogP contribution in [0.15, 0.2) is 17.5 Å². The molecule has 1 aromatic rings. The third kappa shape index (κ3) is 4.14. The molecule has 1 amide bonds. The molecule has 0 radical (unpaired) electrons. The second-order valence-electron chi connectivity index (χ2n) is 4.82. The van der Waals surface area contributed by atoms with Crippen molar-refractivity contribution in [3.8, 4) is 0 Å². The number of nitrogens with zero attached hydrogens (tertiary/aromatic N) is 1. The Labute approximate surface area is 111 Å². The van der Waals surface area contributed by atoms with E-state index in [1.165, 1.54) is 11.3 Å². The van der Waals surface area contributed by atoms with E-state index in [1.54, 1.807) is 17.9 Å². The zero-order valence-electron chi connectivity index (χ0n) is 10.9. The molecule has 18 heavy (non-hydrogen) atoms. The fraction of sp³-hybridized carbons (Fsp3) is 0.538. The van der Waals surface area contributed by atoms with Gasteiger partial charge in [-0.2, -0.15) is 0 Å². The number of carboxylic acids is 1. The van der Waals surface area contributed by atoms with Crippen LogP contribution >= 0.6 is 11.3 Å². The fourth-order valence-corrected chi connectivity index (χ4v) is 2.34. The SMILES string of the molecule is CC(C)CN(CC(C)C(=O)O)C(=O)c1cccs1. The van der Waals surface area contributed by atoms with Crippen molar-refractivity contribution >= 4 is 23.2 Å². The first-order valence-corrected chi connectivity index (χ1v) is 6.85. The summed E-state index contributed by atoms with van der Waals surface area (Å²) in [5.41, 5.74) is 0. The standard InChI is InChI=1S/C13H19NO3S/c1-9(2)7-14(8-10(3)13(16)17)12(15)11-5-4-6-18-11/h4-6,9-10H,7-8H2,1-3H3,(H,16,17). The Hall–Kier alpha value is -1.36. The largest absolute Gasteiger partial charge is 0.481 e. The number of carbonyl (C=O) groups is 2. The van der Waals surface area contributed by atoms with Gasteiger partial charge in [-0.25, -0.2) is 0 Å². The molecule has 4 nitrogen and oxygen atoms in total. The number of amides is 1. The number of carboxylic acid groups (broad SMARTS) is 1. The maximum Gasteiger partial charge on any atom is 0.308 e. The molecule has 0 aliphatic carbocycles. The van der Waals surface area contributed by atoms with Crippen LogP contribution in [-0.2, 0) is 4.79 Å². The van der Waals surface area contributed by atoms with Crippen molar-refractivity contribution in [1.82, 2.24) is 4.90 Å². The second kappa shape index (κ2) is 6.54. The second-order valence-corrected chi connectivity index (χ2v) is 5.77. The lowest BCUT2D eigenvalue weighted by Crippen LogP contribution is -2.38. The fourth-order valence-electron chi connectivity index (χ4n) is 1.65. The Morgan fingerprint density at radius 1 is 1.33 bits per heavy atom. The first-order valence-electron chi connectivity index (χ1n) is 5.97. The first kappa shape index (κ1) is 14.7. The van der Waals surface area contributed by atoms with Crippen molar-refractivity contribution in [3.05, 3.63) is 22.4 Å². The summed E-state index contributed by atoms with van der Waals surface area (Å²) in [5.74, 6) is -1.18. The molecule has 0 bridgehead atoms. The summed E-state index contributed by atoms with van der Waals surface area (Å²) < 4.78 is 0. The summed E-state index contributed by atoms with van der Waals surface area (Å²) in [4.78, 5) is 25.4. The minimum absolute atomic E-state index is 0.0770. The minimum Gasteiger partial charge on any atom is -0.481 e. The molecule has 0 aliphatic rings. The smallest absolute Gasteiger partial charge is 0.308 e. The van der Waals surface area contributed by atoms with E-state index in [-0.39, 0.29) is 12.5 Å². The lowest BCUT2D eigenvalue weighted by molar-refractivity contribution is -0.141. The van der Waals surface area contributed by atoms with Crippen molar-refractivity contribution in [2.24, 2.45) is 11.8 Å². The summed E-state index contributed by atoms with van der Waals surface area (Å²) >= 11 is 1.38. The summed E-state index contributed by atoms with van der Waals surface area (Å²) in [6.07, 6.45) is 0. The van der Waals surface area contributed by atoms with Crippen molar-refractivity contribution in [3.63, 3.8) is 0 Å². The van der Waals surface area contributed by atoms with Crippen LogP contribution in [0.25, 0.3) is 0 Å². The molecule has 100 valence electrons. The number of aliphatic carboxylic acids is 1. The van der Waals surface area contributed by atoms with E-state index in [0.29, 0.717) is 17.3 Å². The van der Waals surface area contributed by atoms with Crippen molar-refractivity contribution in [2.75, 3.05) is 13.1 Å². The van der Waals surface area contributed by atoms with E-state index in [1.807, 2.05) is 25.3 Å². The number of thiophene rings is 1. The van der Waals surface area contributed by atoms with Crippen molar-refractivity contribution in [2.45, 2.75) is 20.8 Å². The Balaban J connectivity index is 2.78. The molecule has 0 fully saturated rings. The Bertz CT molecular complexity index is 400. The first-order chi connectivity index (χ1) is 8.41. The molecule has 1 aromatic heterocycles. The highest BCUT2D eigenvalue weighted by Gasteiger charge is 2.22. The highest BCUT2D eigenvalue weighted by molar-refractivity contribution is 7.12. The van der Waals surface area contributed by atoms with Crippen molar-refractivity contribution < 1.29 is 14.7 Å². The molecule has 0 saturated carbocycles. The molecule has 5 heteroatoms. The third-order valence-electron chi connectivity index (χ3n) is 2.52. The van der Waals surface area contributed by atoms with Crippen LogP contribution in [0, 0.1) is 11.8 Å². The molecule has 1 N–H and O–H groups in total. The maximum atomic E-state index is 12.2. The number of hydrogen-bond donors (Lipinski definition) is 1. The summed E-state index contributed by atoms with van der Waals surface area (Å²) in [7, 11) is 0. The van der Waals surface area contributed by atoms with Crippen LogP contribution in [0.4, 0.5) is 0 Å². The van der Waals surface area contributed by atoms with Crippen LogP contribution in [0.3, 0.4) is 0 Å². The summed E-state index contributed by atoms with van der Waals surface area (Å²) in [6, 6.07) is 3.60. The Morgan fingerprint density at radius 2 is 2.00 bits per heavy atom.